The van der Waals surface area contributed by atoms with Crippen LogP contribution in [0.4, 0.5) is 9.59 Å². The van der Waals surface area contributed by atoms with E-state index < -0.39 is 90.5 Å². The molecule has 89 heavy (non-hydrogen) atoms. The number of carboxylic acid groups (broad SMARTS) is 1. The minimum Gasteiger partial charge on any atom is -0.480 e. The average Bonchev–Trinajstić information content (AvgIpc) is 3.32. The Bertz CT molecular complexity index is 2630. The van der Waals surface area contributed by atoms with Gasteiger partial charge >= 0.3 is 48.0 Å². The first kappa shape index (κ1) is 87.1. The van der Waals surface area contributed by atoms with Crippen molar-refractivity contribution in [1.82, 2.24) is 10.6 Å². The van der Waals surface area contributed by atoms with Crippen LogP contribution < -0.4 is 30.6 Å². The zero-order valence-electron chi connectivity index (χ0n) is 57.1. The molecular weight excluding hydrogens is 1210 g/mol. The molecular formula is C67H106Cl3N3O16. The highest BCUT2D eigenvalue weighted by Crippen LogP contribution is 2.37. The van der Waals surface area contributed by atoms with Crippen LogP contribution in [0.1, 0.15) is 235 Å². The van der Waals surface area contributed by atoms with Crippen molar-refractivity contribution in [3.8, 4) is 17.2 Å². The molecule has 3 atom stereocenters. The van der Waals surface area contributed by atoms with Gasteiger partial charge in [0.2, 0.25) is 0 Å². The lowest BCUT2D eigenvalue weighted by atomic mass is 9.94. The zero-order valence-corrected chi connectivity index (χ0v) is 59.5. The number of alkyl carbamates (subject to hydrolysis) is 2. The molecule has 506 valence electrons. The Morgan fingerprint density at radius 3 is 0.921 bits per heavy atom. The van der Waals surface area contributed by atoms with Crippen molar-refractivity contribution < 1.29 is 76.6 Å². The number of alkyl halides is 1. The Hall–Kier alpha value is -6.15. The van der Waals surface area contributed by atoms with Crippen LogP contribution in [0.3, 0.4) is 0 Å². The molecule has 2 amide bonds. The van der Waals surface area contributed by atoms with Gasteiger partial charge in [0, 0.05) is 0 Å². The topological polar surface area (TPSA) is 271 Å². The minimum atomic E-state index is -1.06. The van der Waals surface area contributed by atoms with E-state index in [1.54, 1.807) is 69.2 Å². The van der Waals surface area contributed by atoms with Crippen molar-refractivity contribution >= 4 is 84.4 Å². The normalized spacial score (nSPS) is 12.2. The van der Waals surface area contributed by atoms with E-state index in [9.17, 15) is 38.4 Å². The van der Waals surface area contributed by atoms with Crippen molar-refractivity contribution in [3.05, 3.63) is 88.0 Å². The molecule has 3 aromatic carbocycles. The molecule has 0 spiro atoms. The third-order valence-corrected chi connectivity index (χ3v) is 12.8. The molecule has 0 radical (unpaired) electrons. The Morgan fingerprint density at radius 1 is 0.438 bits per heavy atom. The fourth-order valence-electron chi connectivity index (χ4n) is 7.83. The van der Waals surface area contributed by atoms with Crippen molar-refractivity contribution in [2.75, 3.05) is 19.1 Å². The van der Waals surface area contributed by atoms with Gasteiger partial charge in [-0.25, -0.2) is 28.8 Å². The number of ether oxygens (including phenoxy) is 7. The monoisotopic (exact) mass is 1310 g/mol. The van der Waals surface area contributed by atoms with Crippen LogP contribution in [0.2, 0.25) is 0 Å². The maximum atomic E-state index is 12.5. The summed E-state index contributed by atoms with van der Waals surface area (Å²) in [5, 5.41) is 13.6. The second kappa shape index (κ2) is 41.3. The summed E-state index contributed by atoms with van der Waals surface area (Å²) in [5.41, 5.74) is 10.2. The number of benzene rings is 3. The maximum Gasteiger partial charge on any atom is 0.408 e. The number of carbonyl (C=O) groups is 8. The van der Waals surface area contributed by atoms with Crippen molar-refractivity contribution in [1.29, 1.82) is 0 Å². The Labute approximate surface area is 547 Å². The van der Waals surface area contributed by atoms with Crippen LogP contribution in [-0.4, -0.2) is 102 Å². The van der Waals surface area contributed by atoms with Crippen molar-refractivity contribution in [2.45, 2.75) is 231 Å². The maximum absolute atomic E-state index is 12.5. The summed E-state index contributed by atoms with van der Waals surface area (Å²) in [6, 6.07) is 15.0. The molecule has 0 heterocycles. The van der Waals surface area contributed by atoms with E-state index in [1.807, 2.05) is 124 Å². The lowest BCUT2D eigenvalue weighted by Crippen LogP contribution is -2.47. The molecule has 19 nitrogen and oxygen atoms in total. The van der Waals surface area contributed by atoms with Gasteiger partial charge in [-0.05, 0) is 128 Å². The number of aliphatic carboxylic acids is 1. The van der Waals surface area contributed by atoms with E-state index in [0.717, 1.165) is 33.4 Å². The second-order valence-electron chi connectivity index (χ2n) is 25.8. The zero-order chi connectivity index (χ0) is 67.6. The summed E-state index contributed by atoms with van der Waals surface area (Å²) >= 11 is 5.49. The molecule has 3 rings (SSSR count). The van der Waals surface area contributed by atoms with Crippen LogP contribution in [0.25, 0.3) is 0 Å². The number of halogens is 3. The predicted octanol–water partition coefficient (Wildman–Crippen LogP) is 14.8. The molecule has 0 unspecified atom stereocenters. The van der Waals surface area contributed by atoms with Crippen molar-refractivity contribution in [3.63, 3.8) is 0 Å². The summed E-state index contributed by atoms with van der Waals surface area (Å²) in [6.07, 6.45) is -1.43. The standard InChI is InChI=1S/C24H37NO6.C19H29NO4.C14H19ClO2.C10H19NO4.2ClH/c1-14(2)17-11-10-12-18(15(3)4)21(17)30-19(26)13-29-22(27)20(16(5)6)25-23(28)31-24(7,8)9;1-11(2)14-8-7-9-15(12(3)4)18(14)24-16(21)10-23-19(22)17(20)13(5)6;1-9(2)11-6-5-7-12(10(3)4)14(11)17-13(16)8-15;1-6(2)7(8(12)13)11-9(14)15-10(3,4)5;;/h10-12,14-16,20H,13H2,1-9H3,(H,25,28);7-9,11-13,17H,10,20H2,1-6H3;5-7,9-10H,8H2,1-4H3;6-7H,1-5H3,(H,11,14)(H,12,13);2*1H/t20-;17-;;7-;;/m00.0../s1. The number of para-hydroxylation sites is 3. The smallest absolute Gasteiger partial charge is 0.408 e. The molecule has 22 heteroatoms. The quantitative estimate of drug-likeness (QED) is 0.0315. The largest absolute Gasteiger partial charge is 0.480 e. The van der Waals surface area contributed by atoms with Crippen LogP contribution in [0.5, 0.6) is 17.2 Å². The first-order valence-electron chi connectivity index (χ1n) is 29.8. The number of rotatable bonds is 22. The van der Waals surface area contributed by atoms with Gasteiger partial charge in [-0.1, -0.05) is 179 Å². The van der Waals surface area contributed by atoms with Gasteiger partial charge in [-0.2, -0.15) is 0 Å². The molecule has 0 aromatic heterocycles. The molecule has 5 N–H and O–H groups in total. The van der Waals surface area contributed by atoms with E-state index in [0.29, 0.717) is 29.1 Å². The molecule has 0 aliphatic carbocycles. The lowest BCUT2D eigenvalue weighted by molar-refractivity contribution is -0.156. The number of amides is 2. The van der Waals surface area contributed by atoms with E-state index in [4.69, 9.17) is 55.6 Å². The molecule has 0 fully saturated rings. The summed E-state index contributed by atoms with van der Waals surface area (Å²) in [5.74, 6) is -1.55. The van der Waals surface area contributed by atoms with E-state index in [-0.39, 0.29) is 72.1 Å². The third-order valence-electron chi connectivity index (χ3n) is 12.6. The second-order valence-corrected chi connectivity index (χ2v) is 26.1. The van der Waals surface area contributed by atoms with Gasteiger partial charge in [0.1, 0.15) is 52.5 Å². The van der Waals surface area contributed by atoms with E-state index in [2.05, 4.69) is 38.3 Å². The highest BCUT2D eigenvalue weighted by atomic mass is 35.5. The first-order valence-corrected chi connectivity index (χ1v) is 30.4. The predicted molar refractivity (Wildman–Crippen MR) is 354 cm³/mol. The number of nitrogens with one attached hydrogen (secondary N) is 2. The molecule has 0 aliphatic heterocycles. The highest BCUT2D eigenvalue weighted by Gasteiger charge is 2.31. The first-order chi connectivity index (χ1) is 40.0. The van der Waals surface area contributed by atoms with Crippen LogP contribution in [0.15, 0.2) is 54.6 Å². The molecule has 0 saturated carbocycles. The van der Waals surface area contributed by atoms with Gasteiger partial charge in [-0.3, -0.25) is 9.59 Å². The highest BCUT2D eigenvalue weighted by molar-refractivity contribution is 6.26. The molecule has 3 aromatic rings. The summed E-state index contributed by atoms with van der Waals surface area (Å²) in [4.78, 5) is 94.3. The number of esters is 5. The summed E-state index contributed by atoms with van der Waals surface area (Å²) in [6.45, 7) is 44.5. The number of carboxylic acids is 1. The van der Waals surface area contributed by atoms with Crippen LogP contribution in [-0.2, 0) is 47.7 Å². The number of nitrogens with two attached hydrogens (primary N) is 1. The van der Waals surface area contributed by atoms with Crippen molar-refractivity contribution in [2.24, 2.45) is 23.5 Å². The van der Waals surface area contributed by atoms with Gasteiger partial charge in [0.05, 0.1) is 0 Å². The number of carbonyl (C=O) groups excluding carboxylic acids is 7. The van der Waals surface area contributed by atoms with E-state index in [1.165, 1.54) is 0 Å². The Balaban J connectivity index is -0.00000114. The minimum absolute atomic E-state index is 0. The Kier molecular flexibility index (Phi) is 40.4. The average molecular weight is 1320 g/mol. The van der Waals surface area contributed by atoms with E-state index >= 15 is 0 Å². The van der Waals surface area contributed by atoms with Gasteiger partial charge in [0.25, 0.3) is 0 Å². The number of hydrogen-bond acceptors (Lipinski definition) is 16. The van der Waals surface area contributed by atoms with Gasteiger partial charge < -0.3 is 54.6 Å². The lowest BCUT2D eigenvalue weighted by Gasteiger charge is -2.24. The fraction of sp³-hybridized carbons (Fsp3) is 0.612. The molecule has 0 saturated heterocycles. The van der Waals surface area contributed by atoms with Gasteiger partial charge in [0.15, 0.2) is 13.2 Å². The SMILES string of the molecule is CC(C)[C@H](NC(=O)OC(C)(C)C)C(=O)O.CC(C)c1cccc(C(C)C)c1OC(=O)CCl.CC(C)c1cccc(C(C)C)c1OC(=O)COC(=O)[C@@H](N)C(C)C.CC(C)c1cccc(C(C)C)c1OC(=O)COC(=O)[C@@H](NC(=O)OC(C)(C)C)C(C)C.Cl.Cl. The molecule has 0 bridgehead atoms. The number of hydrogen-bond donors (Lipinski definition) is 4. The summed E-state index contributed by atoms with van der Waals surface area (Å²) in [7, 11) is 0. The van der Waals surface area contributed by atoms with Gasteiger partial charge in [-0.15, -0.1) is 36.4 Å². The molecule has 0 aliphatic rings. The van der Waals surface area contributed by atoms with Crippen LogP contribution >= 0.6 is 36.4 Å². The third kappa shape index (κ3) is 33.0. The Morgan fingerprint density at radius 2 is 0.697 bits per heavy atom. The van der Waals surface area contributed by atoms with Crippen LogP contribution in [0, 0.1) is 17.8 Å². The summed E-state index contributed by atoms with van der Waals surface area (Å²) < 4.78 is 36.8. The fourth-order valence-corrected chi connectivity index (χ4v) is 7.88.